The quantitative estimate of drug-likeness (QED) is 0.627. The van der Waals surface area contributed by atoms with Crippen LogP contribution in [-0.4, -0.2) is 39.9 Å². The molecule has 1 aromatic carbocycles. The second-order valence-electron chi connectivity index (χ2n) is 3.97. The van der Waals surface area contributed by atoms with E-state index in [4.69, 9.17) is 15.6 Å². The predicted molar refractivity (Wildman–Crippen MR) is 76.2 cm³/mol. The van der Waals surface area contributed by atoms with E-state index in [2.05, 4.69) is 20.7 Å². The van der Waals surface area contributed by atoms with E-state index in [9.17, 15) is 8.42 Å². The van der Waals surface area contributed by atoms with Crippen LogP contribution < -0.4 is 10.5 Å². The Kier molecular flexibility index (Phi) is 6.21. The van der Waals surface area contributed by atoms with Gasteiger partial charge in [0.1, 0.15) is 4.90 Å². The third kappa shape index (κ3) is 4.73. The zero-order chi connectivity index (χ0) is 14.5. The first-order chi connectivity index (χ1) is 8.90. The number of aliphatic hydroxyl groups excluding tert-OH is 1. The van der Waals surface area contributed by atoms with Gasteiger partial charge in [0, 0.05) is 24.2 Å². The summed E-state index contributed by atoms with van der Waals surface area (Å²) in [6, 6.07) is 4.04. The molecule has 0 bridgehead atoms. The van der Waals surface area contributed by atoms with Crippen molar-refractivity contribution >= 4 is 31.6 Å². The van der Waals surface area contributed by atoms with Gasteiger partial charge in [-0.25, -0.2) is 13.1 Å². The maximum absolute atomic E-state index is 12.2. The minimum absolute atomic E-state index is 0.00902. The summed E-state index contributed by atoms with van der Waals surface area (Å²) in [7, 11) is -2.27. The number of hydrogen-bond acceptors (Lipinski definition) is 5. The summed E-state index contributed by atoms with van der Waals surface area (Å²) in [5.41, 5.74) is 5.86. The fourth-order valence-electron chi connectivity index (χ4n) is 1.58. The number of nitrogens with one attached hydrogen (secondary N) is 1. The number of nitrogens with two attached hydrogens (primary N) is 1. The van der Waals surface area contributed by atoms with Gasteiger partial charge in [0.25, 0.3) is 0 Å². The number of hydrogen-bond donors (Lipinski definition) is 3. The van der Waals surface area contributed by atoms with Crippen LogP contribution in [0.4, 0.5) is 5.69 Å². The highest BCUT2D eigenvalue weighted by molar-refractivity contribution is 9.10. The molecule has 1 unspecified atom stereocenters. The van der Waals surface area contributed by atoms with Gasteiger partial charge in [-0.05, 0) is 24.6 Å². The van der Waals surface area contributed by atoms with Crippen LogP contribution >= 0.6 is 15.9 Å². The molecule has 1 rings (SSSR count). The average molecular weight is 353 g/mol. The van der Waals surface area contributed by atoms with Crippen molar-refractivity contribution < 1.29 is 18.3 Å². The second kappa shape index (κ2) is 7.20. The van der Waals surface area contributed by atoms with E-state index in [1.54, 1.807) is 6.07 Å². The van der Waals surface area contributed by atoms with E-state index < -0.39 is 16.1 Å². The molecule has 108 valence electrons. The highest BCUT2D eigenvalue weighted by Crippen LogP contribution is 2.22. The van der Waals surface area contributed by atoms with Gasteiger partial charge >= 0.3 is 0 Å². The molecule has 8 heteroatoms. The topological polar surface area (TPSA) is 102 Å². The van der Waals surface area contributed by atoms with Crippen LogP contribution in [0.1, 0.15) is 6.42 Å². The maximum Gasteiger partial charge on any atom is 0.242 e. The first-order valence-electron chi connectivity index (χ1n) is 5.58. The standard InChI is InChI=1S/C11H17BrN2O4S/c1-18-7-9(4-5-15)14-19(16,17)11-3-2-8(12)6-10(11)13/h2-3,6,9,14-15H,4-5,7,13H2,1H3. The summed E-state index contributed by atoms with van der Waals surface area (Å²) in [5.74, 6) is 0. The van der Waals surface area contributed by atoms with Crippen molar-refractivity contribution in [3.63, 3.8) is 0 Å². The maximum atomic E-state index is 12.2. The largest absolute Gasteiger partial charge is 0.398 e. The second-order valence-corrected chi connectivity index (χ2v) is 6.57. The Morgan fingerprint density at radius 2 is 2.21 bits per heavy atom. The van der Waals surface area contributed by atoms with Gasteiger partial charge in [-0.15, -0.1) is 0 Å². The zero-order valence-electron chi connectivity index (χ0n) is 10.5. The van der Waals surface area contributed by atoms with Gasteiger partial charge in [-0.1, -0.05) is 15.9 Å². The molecule has 0 spiro atoms. The van der Waals surface area contributed by atoms with Crippen LogP contribution in [0, 0.1) is 0 Å². The fraction of sp³-hybridized carbons (Fsp3) is 0.455. The van der Waals surface area contributed by atoms with E-state index in [-0.39, 0.29) is 30.2 Å². The highest BCUT2D eigenvalue weighted by atomic mass is 79.9. The number of benzene rings is 1. The van der Waals surface area contributed by atoms with Gasteiger partial charge in [-0.2, -0.15) is 0 Å². The van der Waals surface area contributed by atoms with E-state index in [0.717, 1.165) is 0 Å². The average Bonchev–Trinajstić information content (AvgIpc) is 2.28. The van der Waals surface area contributed by atoms with Crippen molar-refractivity contribution in [2.24, 2.45) is 0 Å². The summed E-state index contributed by atoms with van der Waals surface area (Å²) in [4.78, 5) is 0.00902. The molecule has 0 fully saturated rings. The predicted octanol–water partition coefficient (Wildman–Crippen LogP) is 0.707. The van der Waals surface area contributed by atoms with Gasteiger partial charge in [0.2, 0.25) is 10.0 Å². The normalized spacial score (nSPS) is 13.4. The molecule has 0 saturated heterocycles. The van der Waals surface area contributed by atoms with Crippen molar-refractivity contribution in [3.05, 3.63) is 22.7 Å². The first kappa shape index (κ1) is 16.4. The van der Waals surface area contributed by atoms with Crippen LogP contribution in [-0.2, 0) is 14.8 Å². The summed E-state index contributed by atoms with van der Waals surface area (Å²) in [6.07, 6.45) is 0.267. The molecule has 0 aliphatic rings. The number of nitrogen functional groups attached to an aromatic ring is 1. The molecule has 4 N–H and O–H groups in total. The molecular weight excluding hydrogens is 336 g/mol. The highest BCUT2D eigenvalue weighted by Gasteiger charge is 2.22. The summed E-state index contributed by atoms with van der Waals surface area (Å²) < 4.78 is 32.4. The van der Waals surface area contributed by atoms with E-state index >= 15 is 0 Å². The van der Waals surface area contributed by atoms with Crippen LogP contribution in [0.15, 0.2) is 27.6 Å². The van der Waals surface area contributed by atoms with Gasteiger partial charge in [0.05, 0.1) is 12.3 Å². The van der Waals surface area contributed by atoms with Crippen molar-refractivity contribution in [2.45, 2.75) is 17.4 Å². The first-order valence-corrected chi connectivity index (χ1v) is 7.85. The van der Waals surface area contributed by atoms with Crippen LogP contribution in [0.2, 0.25) is 0 Å². The van der Waals surface area contributed by atoms with Crippen molar-refractivity contribution in [3.8, 4) is 0 Å². The summed E-state index contributed by atoms with van der Waals surface area (Å²) in [6.45, 7) is 0.0442. The molecule has 19 heavy (non-hydrogen) atoms. The fourth-order valence-corrected chi connectivity index (χ4v) is 3.33. The molecule has 6 nitrogen and oxygen atoms in total. The Bertz CT molecular complexity index is 515. The molecule has 0 aliphatic heterocycles. The van der Waals surface area contributed by atoms with Crippen molar-refractivity contribution in [1.29, 1.82) is 0 Å². The molecule has 0 aliphatic carbocycles. The number of methoxy groups -OCH3 is 1. The van der Waals surface area contributed by atoms with E-state index in [1.165, 1.54) is 19.2 Å². The van der Waals surface area contributed by atoms with E-state index in [0.29, 0.717) is 4.47 Å². The smallest absolute Gasteiger partial charge is 0.242 e. The zero-order valence-corrected chi connectivity index (χ0v) is 12.9. The lowest BCUT2D eigenvalue weighted by molar-refractivity contribution is 0.158. The molecule has 0 heterocycles. The number of anilines is 1. The Labute approximate surface area is 121 Å². The minimum atomic E-state index is -3.74. The number of ether oxygens (including phenoxy) is 1. The lowest BCUT2D eigenvalue weighted by atomic mass is 10.2. The molecule has 0 amide bonds. The molecular formula is C11H17BrN2O4S. The van der Waals surface area contributed by atoms with Gasteiger partial charge in [0.15, 0.2) is 0 Å². The summed E-state index contributed by atoms with van der Waals surface area (Å²) in [5, 5.41) is 8.90. The summed E-state index contributed by atoms with van der Waals surface area (Å²) >= 11 is 3.22. The lowest BCUT2D eigenvalue weighted by Gasteiger charge is -2.17. The van der Waals surface area contributed by atoms with Crippen LogP contribution in [0.3, 0.4) is 0 Å². The Morgan fingerprint density at radius 3 is 2.74 bits per heavy atom. The SMILES string of the molecule is COCC(CCO)NS(=O)(=O)c1ccc(Br)cc1N. The van der Waals surface area contributed by atoms with Crippen molar-refractivity contribution in [1.82, 2.24) is 4.72 Å². The van der Waals surface area contributed by atoms with Crippen LogP contribution in [0.25, 0.3) is 0 Å². The van der Waals surface area contributed by atoms with Crippen molar-refractivity contribution in [2.75, 3.05) is 26.1 Å². The number of halogens is 1. The third-order valence-corrected chi connectivity index (χ3v) is 4.52. The molecule has 0 saturated carbocycles. The van der Waals surface area contributed by atoms with Crippen LogP contribution in [0.5, 0.6) is 0 Å². The number of rotatable bonds is 7. The molecule has 1 aromatic rings. The monoisotopic (exact) mass is 352 g/mol. The Hall–Kier alpha value is -0.670. The number of aliphatic hydroxyl groups is 1. The Balaban J connectivity index is 2.96. The third-order valence-electron chi connectivity index (χ3n) is 2.43. The van der Waals surface area contributed by atoms with Gasteiger partial charge < -0.3 is 15.6 Å². The lowest BCUT2D eigenvalue weighted by Crippen LogP contribution is -2.38. The molecule has 0 aromatic heterocycles. The molecule has 0 radical (unpaired) electrons. The number of sulfonamides is 1. The van der Waals surface area contributed by atoms with Gasteiger partial charge in [-0.3, -0.25) is 0 Å². The minimum Gasteiger partial charge on any atom is -0.398 e. The Morgan fingerprint density at radius 1 is 1.53 bits per heavy atom. The molecule has 1 atom stereocenters. The van der Waals surface area contributed by atoms with E-state index in [1.807, 2.05) is 0 Å².